The summed E-state index contributed by atoms with van der Waals surface area (Å²) in [7, 11) is 0. The minimum Gasteiger partial charge on any atom is -0.384 e. The zero-order valence-electron chi connectivity index (χ0n) is 7.83. The first kappa shape index (κ1) is 11.0. The SMILES string of the molecule is C=C(C(C)=O)[C@H](O)c1ccc(Cl)cc1. The zero-order chi connectivity index (χ0) is 10.7. The van der Waals surface area contributed by atoms with Crippen LogP contribution in [0.25, 0.3) is 0 Å². The van der Waals surface area contributed by atoms with E-state index < -0.39 is 6.10 Å². The summed E-state index contributed by atoms with van der Waals surface area (Å²) in [6.07, 6.45) is -0.940. The third-order valence-corrected chi connectivity index (χ3v) is 2.22. The van der Waals surface area contributed by atoms with E-state index in [4.69, 9.17) is 11.6 Å². The Morgan fingerprint density at radius 2 is 1.93 bits per heavy atom. The van der Waals surface area contributed by atoms with Crippen LogP contribution in [0.4, 0.5) is 0 Å². The van der Waals surface area contributed by atoms with Gasteiger partial charge in [-0.15, -0.1) is 0 Å². The molecule has 2 nitrogen and oxygen atoms in total. The van der Waals surface area contributed by atoms with E-state index >= 15 is 0 Å². The van der Waals surface area contributed by atoms with E-state index in [1.54, 1.807) is 24.3 Å². The van der Waals surface area contributed by atoms with Gasteiger partial charge in [-0.2, -0.15) is 0 Å². The fourth-order valence-electron chi connectivity index (χ4n) is 1.04. The van der Waals surface area contributed by atoms with Crippen molar-refractivity contribution in [1.29, 1.82) is 0 Å². The molecule has 0 saturated heterocycles. The molecule has 1 rings (SSSR count). The fraction of sp³-hybridized carbons (Fsp3) is 0.182. The number of benzene rings is 1. The molecule has 0 radical (unpaired) electrons. The number of halogens is 1. The summed E-state index contributed by atoms with van der Waals surface area (Å²) < 4.78 is 0. The first-order chi connectivity index (χ1) is 6.52. The third kappa shape index (κ3) is 2.44. The maximum Gasteiger partial charge on any atom is 0.158 e. The smallest absolute Gasteiger partial charge is 0.158 e. The fourth-order valence-corrected chi connectivity index (χ4v) is 1.16. The van der Waals surface area contributed by atoms with Crippen molar-refractivity contribution in [2.75, 3.05) is 0 Å². The molecule has 1 aromatic rings. The van der Waals surface area contributed by atoms with Gasteiger partial charge in [0.15, 0.2) is 5.78 Å². The molecule has 1 atom stereocenters. The molecular formula is C11H11ClO2. The first-order valence-corrected chi connectivity index (χ1v) is 4.53. The summed E-state index contributed by atoms with van der Waals surface area (Å²) in [4.78, 5) is 10.9. The zero-order valence-corrected chi connectivity index (χ0v) is 8.58. The minimum absolute atomic E-state index is 0.187. The average molecular weight is 211 g/mol. The Morgan fingerprint density at radius 3 is 2.36 bits per heavy atom. The molecule has 1 aromatic carbocycles. The number of hydrogen-bond donors (Lipinski definition) is 1. The van der Waals surface area contributed by atoms with Crippen LogP contribution in [0, 0.1) is 0 Å². The maximum absolute atomic E-state index is 10.9. The minimum atomic E-state index is -0.940. The lowest BCUT2D eigenvalue weighted by Gasteiger charge is -2.11. The molecule has 0 heterocycles. The summed E-state index contributed by atoms with van der Waals surface area (Å²) in [5, 5.41) is 10.3. The first-order valence-electron chi connectivity index (χ1n) is 4.15. The molecular weight excluding hydrogens is 200 g/mol. The quantitative estimate of drug-likeness (QED) is 0.779. The lowest BCUT2D eigenvalue weighted by Crippen LogP contribution is -2.07. The second kappa shape index (κ2) is 4.40. The molecule has 74 valence electrons. The van der Waals surface area contributed by atoms with Crippen LogP contribution in [0.5, 0.6) is 0 Å². The van der Waals surface area contributed by atoms with Crippen molar-refractivity contribution in [2.45, 2.75) is 13.0 Å². The van der Waals surface area contributed by atoms with E-state index in [0.717, 1.165) is 0 Å². The number of hydrogen-bond acceptors (Lipinski definition) is 2. The van der Waals surface area contributed by atoms with Gasteiger partial charge in [-0.25, -0.2) is 0 Å². The molecule has 0 aliphatic rings. The van der Waals surface area contributed by atoms with Crippen molar-refractivity contribution in [3.8, 4) is 0 Å². The summed E-state index contributed by atoms with van der Waals surface area (Å²) >= 11 is 5.69. The largest absolute Gasteiger partial charge is 0.384 e. The second-order valence-electron chi connectivity index (χ2n) is 3.04. The molecule has 0 amide bonds. The molecule has 0 aliphatic heterocycles. The number of Topliss-reactive ketones (excluding diaryl/α,β-unsaturated/α-hetero) is 1. The number of rotatable bonds is 3. The van der Waals surface area contributed by atoms with E-state index in [2.05, 4.69) is 6.58 Å². The van der Waals surface area contributed by atoms with Crippen molar-refractivity contribution in [3.05, 3.63) is 47.0 Å². The van der Waals surface area contributed by atoms with E-state index in [9.17, 15) is 9.90 Å². The third-order valence-electron chi connectivity index (χ3n) is 1.97. The van der Waals surface area contributed by atoms with Gasteiger partial charge in [-0.1, -0.05) is 30.3 Å². The van der Waals surface area contributed by atoms with E-state index in [0.29, 0.717) is 10.6 Å². The monoisotopic (exact) mass is 210 g/mol. The number of carbonyl (C=O) groups is 1. The number of aliphatic hydroxyl groups is 1. The molecule has 0 fully saturated rings. The summed E-state index contributed by atoms with van der Waals surface area (Å²) in [5.41, 5.74) is 0.807. The van der Waals surface area contributed by atoms with Crippen LogP contribution in [0.1, 0.15) is 18.6 Å². The highest BCUT2D eigenvalue weighted by Crippen LogP contribution is 2.22. The normalized spacial score (nSPS) is 12.2. The topological polar surface area (TPSA) is 37.3 Å². The van der Waals surface area contributed by atoms with Crippen molar-refractivity contribution >= 4 is 17.4 Å². The Kier molecular flexibility index (Phi) is 3.44. The standard InChI is InChI=1S/C11H11ClO2/c1-7(8(2)13)11(14)9-3-5-10(12)6-4-9/h3-6,11,14H,1H2,2H3/t11-/m0/s1. The van der Waals surface area contributed by atoms with Crippen LogP contribution in [0.2, 0.25) is 5.02 Å². The van der Waals surface area contributed by atoms with Gasteiger partial charge < -0.3 is 5.11 Å². The number of carbonyl (C=O) groups excluding carboxylic acids is 1. The van der Waals surface area contributed by atoms with Crippen molar-refractivity contribution in [1.82, 2.24) is 0 Å². The van der Waals surface area contributed by atoms with Crippen molar-refractivity contribution in [3.63, 3.8) is 0 Å². The van der Waals surface area contributed by atoms with Crippen molar-refractivity contribution < 1.29 is 9.90 Å². The van der Waals surface area contributed by atoms with Gasteiger partial charge in [0.25, 0.3) is 0 Å². The van der Waals surface area contributed by atoms with Crippen LogP contribution in [0.15, 0.2) is 36.4 Å². The highest BCUT2D eigenvalue weighted by molar-refractivity contribution is 6.30. The Morgan fingerprint density at radius 1 is 1.43 bits per heavy atom. The van der Waals surface area contributed by atoms with Crippen LogP contribution in [-0.4, -0.2) is 10.9 Å². The summed E-state index contributed by atoms with van der Waals surface area (Å²) in [6.45, 7) is 4.90. The summed E-state index contributed by atoms with van der Waals surface area (Å²) in [5.74, 6) is -0.215. The molecule has 0 bridgehead atoms. The van der Waals surface area contributed by atoms with Gasteiger partial charge in [0.1, 0.15) is 6.10 Å². The molecule has 0 saturated carbocycles. The van der Waals surface area contributed by atoms with Gasteiger partial charge in [-0.3, -0.25) is 4.79 Å². The van der Waals surface area contributed by atoms with Crippen molar-refractivity contribution in [2.24, 2.45) is 0 Å². The molecule has 0 aliphatic carbocycles. The van der Waals surface area contributed by atoms with Crippen LogP contribution < -0.4 is 0 Å². The molecule has 3 heteroatoms. The van der Waals surface area contributed by atoms with Gasteiger partial charge >= 0.3 is 0 Å². The predicted octanol–water partition coefficient (Wildman–Crippen LogP) is 2.52. The molecule has 0 spiro atoms. The van der Waals surface area contributed by atoms with Crippen LogP contribution >= 0.6 is 11.6 Å². The summed E-state index contributed by atoms with van der Waals surface area (Å²) in [6, 6.07) is 6.66. The highest BCUT2D eigenvalue weighted by Gasteiger charge is 2.14. The highest BCUT2D eigenvalue weighted by atomic mass is 35.5. The second-order valence-corrected chi connectivity index (χ2v) is 3.47. The van der Waals surface area contributed by atoms with Gasteiger partial charge in [0.2, 0.25) is 0 Å². The Labute approximate surface area is 87.8 Å². The van der Waals surface area contributed by atoms with E-state index in [-0.39, 0.29) is 11.4 Å². The molecule has 1 N–H and O–H groups in total. The van der Waals surface area contributed by atoms with Gasteiger partial charge in [0.05, 0.1) is 0 Å². The Bertz CT molecular complexity index is 354. The molecule has 0 unspecified atom stereocenters. The number of aliphatic hydroxyl groups excluding tert-OH is 1. The maximum atomic E-state index is 10.9. The average Bonchev–Trinajstić information content (AvgIpc) is 2.16. The van der Waals surface area contributed by atoms with E-state index in [1.165, 1.54) is 6.92 Å². The lowest BCUT2D eigenvalue weighted by molar-refractivity contribution is -0.114. The molecule has 14 heavy (non-hydrogen) atoms. The van der Waals surface area contributed by atoms with Gasteiger partial charge in [0, 0.05) is 10.6 Å². The van der Waals surface area contributed by atoms with Crippen LogP contribution in [-0.2, 0) is 4.79 Å². The van der Waals surface area contributed by atoms with Gasteiger partial charge in [-0.05, 0) is 24.6 Å². The van der Waals surface area contributed by atoms with Crippen LogP contribution in [0.3, 0.4) is 0 Å². The Hall–Kier alpha value is -1.12. The Balaban J connectivity index is 2.89. The van der Waals surface area contributed by atoms with E-state index in [1.807, 2.05) is 0 Å². The molecule has 0 aromatic heterocycles. The lowest BCUT2D eigenvalue weighted by atomic mass is 10.0. The number of ketones is 1. The predicted molar refractivity (Wildman–Crippen MR) is 56.2 cm³/mol.